The number of rotatable bonds is 13. The van der Waals surface area contributed by atoms with E-state index in [-0.39, 0.29) is 18.8 Å². The first-order valence-corrected chi connectivity index (χ1v) is 10.6. The Hall–Kier alpha value is -2.99. The average Bonchev–Trinajstić information content (AvgIpc) is 2.77. The zero-order valence-electron chi connectivity index (χ0n) is 18.6. The normalized spacial score (nSPS) is 12.6. The molecule has 2 N–H and O–H groups in total. The van der Waals surface area contributed by atoms with Crippen LogP contribution >= 0.6 is 0 Å². The van der Waals surface area contributed by atoms with Crippen molar-refractivity contribution in [3.05, 3.63) is 66.2 Å². The second kappa shape index (κ2) is 12.6. The number of carbonyl (C=O) groups is 1. The highest BCUT2D eigenvalue weighted by molar-refractivity contribution is 5.81. The molecule has 6 heteroatoms. The molecule has 2 unspecified atom stereocenters. The van der Waals surface area contributed by atoms with Gasteiger partial charge in [0.25, 0.3) is 0 Å². The summed E-state index contributed by atoms with van der Waals surface area (Å²) in [6, 6.07) is 13.5. The van der Waals surface area contributed by atoms with Crippen LogP contribution in [-0.2, 0) is 14.3 Å². The molecule has 0 aliphatic heterocycles. The van der Waals surface area contributed by atoms with Gasteiger partial charge in [0.05, 0.1) is 19.3 Å². The summed E-state index contributed by atoms with van der Waals surface area (Å²) in [6.07, 6.45) is 2.78. The Bertz CT molecular complexity index is 834. The molecule has 2 rings (SSSR count). The molecule has 2 aromatic rings. The van der Waals surface area contributed by atoms with E-state index in [0.29, 0.717) is 24.7 Å². The summed E-state index contributed by atoms with van der Waals surface area (Å²) in [6.45, 7) is 10.5. The number of ether oxygens (including phenoxy) is 4. The summed E-state index contributed by atoms with van der Waals surface area (Å²) in [5.41, 5.74) is 8.48. The van der Waals surface area contributed by atoms with Crippen molar-refractivity contribution >= 4 is 11.7 Å². The van der Waals surface area contributed by atoms with Crippen LogP contribution in [0.3, 0.4) is 0 Å². The Kier molecular flexibility index (Phi) is 9.91. The van der Waals surface area contributed by atoms with Crippen LogP contribution in [0.15, 0.2) is 55.1 Å². The minimum Gasteiger partial charge on any atom is -0.490 e. The average molecular weight is 428 g/mol. The third-order valence-corrected chi connectivity index (χ3v) is 4.76. The van der Waals surface area contributed by atoms with Crippen LogP contribution in [0.5, 0.6) is 11.5 Å². The van der Waals surface area contributed by atoms with E-state index < -0.39 is 5.97 Å². The number of nitrogen functional groups attached to an aromatic ring is 1. The molecule has 6 nitrogen and oxygen atoms in total. The standard InChI is InChI=1S/C25H33NO5/c1-5-7-14-29-24-17-21(18(3)28-15-16-30-25(27)6-2)10-13-23(24)31-19(4)20-8-11-22(26)12-9-20/h6,8-13,17-19H,2,5,7,14-16,26H2,1,3-4H3. The number of hydrogen-bond acceptors (Lipinski definition) is 6. The van der Waals surface area contributed by atoms with Crippen molar-refractivity contribution in [2.24, 2.45) is 0 Å². The lowest BCUT2D eigenvalue weighted by atomic mass is 10.1. The molecule has 0 radical (unpaired) electrons. The van der Waals surface area contributed by atoms with Crippen molar-refractivity contribution in [1.29, 1.82) is 0 Å². The number of nitrogens with two attached hydrogens (primary N) is 1. The van der Waals surface area contributed by atoms with Gasteiger partial charge in [-0.2, -0.15) is 0 Å². The van der Waals surface area contributed by atoms with Gasteiger partial charge in [-0.25, -0.2) is 4.79 Å². The molecule has 0 aromatic heterocycles. The summed E-state index contributed by atoms with van der Waals surface area (Å²) < 4.78 is 22.9. The number of carbonyl (C=O) groups excluding carboxylic acids is 1. The van der Waals surface area contributed by atoms with Crippen LogP contribution in [0, 0.1) is 0 Å². The fourth-order valence-corrected chi connectivity index (χ4v) is 2.86. The Balaban J connectivity index is 2.08. The van der Waals surface area contributed by atoms with Gasteiger partial charge in [-0.05, 0) is 55.7 Å². The van der Waals surface area contributed by atoms with Gasteiger partial charge in [0, 0.05) is 11.8 Å². The summed E-state index contributed by atoms with van der Waals surface area (Å²) >= 11 is 0. The second-order valence-corrected chi connectivity index (χ2v) is 7.22. The van der Waals surface area contributed by atoms with E-state index >= 15 is 0 Å². The highest BCUT2D eigenvalue weighted by atomic mass is 16.6. The summed E-state index contributed by atoms with van der Waals surface area (Å²) in [4.78, 5) is 11.1. The van der Waals surface area contributed by atoms with Gasteiger partial charge in [0.2, 0.25) is 0 Å². The lowest BCUT2D eigenvalue weighted by Crippen LogP contribution is -2.11. The lowest BCUT2D eigenvalue weighted by Gasteiger charge is -2.20. The van der Waals surface area contributed by atoms with Crippen molar-refractivity contribution in [2.75, 3.05) is 25.6 Å². The lowest BCUT2D eigenvalue weighted by molar-refractivity contribution is -0.139. The third kappa shape index (κ3) is 7.98. The van der Waals surface area contributed by atoms with Gasteiger partial charge >= 0.3 is 5.97 Å². The number of unbranched alkanes of at least 4 members (excludes halogenated alkanes) is 1. The highest BCUT2D eigenvalue weighted by Gasteiger charge is 2.15. The van der Waals surface area contributed by atoms with E-state index in [9.17, 15) is 4.79 Å². The van der Waals surface area contributed by atoms with Crippen LogP contribution in [0.1, 0.15) is 56.9 Å². The van der Waals surface area contributed by atoms with Crippen molar-refractivity contribution in [1.82, 2.24) is 0 Å². The third-order valence-electron chi connectivity index (χ3n) is 4.76. The quantitative estimate of drug-likeness (QED) is 0.200. The van der Waals surface area contributed by atoms with Crippen molar-refractivity contribution < 1.29 is 23.7 Å². The zero-order chi connectivity index (χ0) is 22.6. The topological polar surface area (TPSA) is 80.0 Å². The molecule has 0 spiro atoms. The first-order valence-electron chi connectivity index (χ1n) is 10.6. The molecule has 0 aliphatic rings. The Morgan fingerprint density at radius 3 is 2.39 bits per heavy atom. The van der Waals surface area contributed by atoms with Crippen molar-refractivity contribution in [3.63, 3.8) is 0 Å². The molecule has 0 amide bonds. The zero-order valence-corrected chi connectivity index (χ0v) is 18.6. The smallest absolute Gasteiger partial charge is 0.330 e. The maximum atomic E-state index is 11.1. The Morgan fingerprint density at radius 2 is 1.71 bits per heavy atom. The molecule has 0 saturated heterocycles. The van der Waals surface area contributed by atoms with Crippen molar-refractivity contribution in [2.45, 2.75) is 45.8 Å². The molecule has 31 heavy (non-hydrogen) atoms. The molecule has 0 aliphatic carbocycles. The molecular weight excluding hydrogens is 394 g/mol. The van der Waals surface area contributed by atoms with E-state index in [1.54, 1.807) is 0 Å². The predicted octanol–water partition coefficient (Wildman–Crippen LogP) is 5.39. The number of benzene rings is 2. The molecule has 0 saturated carbocycles. The van der Waals surface area contributed by atoms with E-state index in [1.165, 1.54) is 0 Å². The summed E-state index contributed by atoms with van der Waals surface area (Å²) in [7, 11) is 0. The van der Waals surface area contributed by atoms with E-state index in [1.807, 2.05) is 56.3 Å². The molecule has 0 bridgehead atoms. The van der Waals surface area contributed by atoms with Crippen molar-refractivity contribution in [3.8, 4) is 11.5 Å². The van der Waals surface area contributed by atoms with E-state index in [2.05, 4.69) is 13.5 Å². The maximum absolute atomic E-state index is 11.1. The monoisotopic (exact) mass is 427 g/mol. The van der Waals surface area contributed by atoms with Gasteiger partial charge in [-0.15, -0.1) is 0 Å². The van der Waals surface area contributed by atoms with Gasteiger partial charge in [0.15, 0.2) is 11.5 Å². The predicted molar refractivity (Wildman–Crippen MR) is 122 cm³/mol. The SMILES string of the molecule is C=CC(=O)OCCOC(C)c1ccc(OC(C)c2ccc(N)cc2)c(OCCCC)c1. The fourth-order valence-electron chi connectivity index (χ4n) is 2.86. The minimum atomic E-state index is -0.459. The highest BCUT2D eigenvalue weighted by Crippen LogP contribution is 2.35. The number of esters is 1. The number of hydrogen-bond donors (Lipinski definition) is 1. The van der Waals surface area contributed by atoms with Gasteiger partial charge < -0.3 is 24.7 Å². The van der Waals surface area contributed by atoms with Crippen LogP contribution in [0.2, 0.25) is 0 Å². The minimum absolute atomic E-state index is 0.159. The fraction of sp³-hybridized carbons (Fsp3) is 0.400. The van der Waals surface area contributed by atoms with Crippen LogP contribution < -0.4 is 15.2 Å². The van der Waals surface area contributed by atoms with Crippen LogP contribution in [0.25, 0.3) is 0 Å². The van der Waals surface area contributed by atoms with Crippen LogP contribution in [-0.4, -0.2) is 25.8 Å². The van der Waals surface area contributed by atoms with E-state index in [4.69, 9.17) is 24.7 Å². The first kappa shape index (κ1) is 24.3. The maximum Gasteiger partial charge on any atom is 0.330 e. The van der Waals surface area contributed by atoms with Crippen LogP contribution in [0.4, 0.5) is 5.69 Å². The molecular formula is C25H33NO5. The van der Waals surface area contributed by atoms with Gasteiger partial charge in [0.1, 0.15) is 12.7 Å². The first-order chi connectivity index (χ1) is 14.9. The van der Waals surface area contributed by atoms with Gasteiger partial charge in [-0.1, -0.05) is 38.1 Å². The Labute approximate surface area is 184 Å². The Morgan fingerprint density at radius 1 is 1.00 bits per heavy atom. The molecule has 0 fully saturated rings. The summed E-state index contributed by atoms with van der Waals surface area (Å²) in [5, 5.41) is 0. The van der Waals surface area contributed by atoms with E-state index in [0.717, 1.165) is 35.7 Å². The molecule has 168 valence electrons. The van der Waals surface area contributed by atoms with Gasteiger partial charge in [-0.3, -0.25) is 0 Å². The molecule has 2 atom stereocenters. The molecule has 0 heterocycles. The molecule has 2 aromatic carbocycles. The largest absolute Gasteiger partial charge is 0.490 e. The summed E-state index contributed by atoms with van der Waals surface area (Å²) in [5.74, 6) is 0.901. The number of anilines is 1. The second-order valence-electron chi connectivity index (χ2n) is 7.22.